The Kier molecular flexibility index (Phi) is 6.25. The molecule has 0 spiro atoms. The summed E-state index contributed by atoms with van der Waals surface area (Å²) in [5.74, 6) is -0.165. The van der Waals surface area contributed by atoms with Crippen LogP contribution in [0.5, 0.6) is 0 Å². The average Bonchev–Trinajstić information content (AvgIpc) is 2.05. The van der Waals surface area contributed by atoms with E-state index >= 15 is 0 Å². The van der Waals surface area contributed by atoms with Crippen molar-refractivity contribution in [2.75, 3.05) is 6.61 Å². The molecule has 12 heavy (non-hydrogen) atoms. The van der Waals surface area contributed by atoms with Crippen LogP contribution in [0.4, 0.5) is 0 Å². The quantitative estimate of drug-likeness (QED) is 0.341. The van der Waals surface area contributed by atoms with Gasteiger partial charge in [0, 0.05) is 5.57 Å². The van der Waals surface area contributed by atoms with Gasteiger partial charge in [0.1, 0.15) is 0 Å². The zero-order chi connectivity index (χ0) is 9.40. The van der Waals surface area contributed by atoms with Crippen LogP contribution in [0.25, 0.3) is 0 Å². The Bertz CT molecular complexity index is 159. The van der Waals surface area contributed by atoms with Crippen LogP contribution in [0, 0.1) is 0 Å². The van der Waals surface area contributed by atoms with Crippen LogP contribution in [0.1, 0.15) is 33.1 Å². The summed E-state index contributed by atoms with van der Waals surface area (Å²) in [5, 5.41) is 11.1. The second-order valence-corrected chi connectivity index (χ2v) is 2.68. The van der Waals surface area contributed by atoms with Crippen LogP contribution in [0.2, 0.25) is 0 Å². The first-order valence-electron chi connectivity index (χ1n) is 4.32. The molecule has 0 rings (SSSR count). The molecule has 2 heteroatoms. The first kappa shape index (κ1) is 11.1. The Labute approximate surface area is 74.6 Å². The monoisotopic (exact) mass is 169 g/mol. The maximum absolute atomic E-state index is 11.1. The van der Waals surface area contributed by atoms with Crippen LogP contribution in [0.3, 0.4) is 0 Å². The fourth-order valence-electron chi connectivity index (χ4n) is 0.868. The highest BCUT2D eigenvalue weighted by Crippen LogP contribution is 2.11. The molecule has 0 saturated heterocycles. The van der Waals surface area contributed by atoms with Gasteiger partial charge in [-0.15, -0.1) is 6.58 Å². The van der Waals surface area contributed by atoms with Gasteiger partial charge in [0.25, 0.3) is 0 Å². The number of rotatable bonds is 6. The first-order chi connectivity index (χ1) is 5.72. The van der Waals surface area contributed by atoms with E-state index < -0.39 is 0 Å². The highest BCUT2D eigenvalue weighted by molar-refractivity contribution is 4.98. The maximum atomic E-state index is 11.1. The zero-order valence-electron chi connectivity index (χ0n) is 7.93. The molecular formula is C10H17O2. The van der Waals surface area contributed by atoms with Crippen LogP contribution >= 0.6 is 0 Å². The highest BCUT2D eigenvalue weighted by Gasteiger charge is 2.01. The van der Waals surface area contributed by atoms with Crippen LogP contribution in [0.15, 0.2) is 24.2 Å². The van der Waals surface area contributed by atoms with Gasteiger partial charge in [0.2, 0.25) is 0 Å². The maximum Gasteiger partial charge on any atom is 0.329 e. The molecule has 0 saturated carbocycles. The molecule has 0 aromatic carbocycles. The van der Waals surface area contributed by atoms with Gasteiger partial charge in [-0.3, -0.25) is 0 Å². The van der Waals surface area contributed by atoms with Crippen molar-refractivity contribution >= 4 is 0 Å². The lowest BCUT2D eigenvalue weighted by molar-refractivity contribution is 0.0547. The van der Waals surface area contributed by atoms with Crippen molar-refractivity contribution in [1.29, 1.82) is 0 Å². The molecule has 0 N–H and O–H groups in total. The van der Waals surface area contributed by atoms with E-state index in [1.807, 2.05) is 19.9 Å². The molecule has 0 aromatic rings. The zero-order valence-corrected chi connectivity index (χ0v) is 7.93. The SMILES string of the molecule is C=CCCCC(C)=C([O])OCC. The number of hydrogen-bond donors (Lipinski definition) is 0. The largest absolute Gasteiger partial charge is 0.463 e. The summed E-state index contributed by atoms with van der Waals surface area (Å²) in [6.07, 6.45) is 4.61. The molecule has 0 aliphatic rings. The van der Waals surface area contributed by atoms with Crippen LogP contribution < -0.4 is 0 Å². The van der Waals surface area contributed by atoms with Gasteiger partial charge in [-0.05, 0) is 33.1 Å². The van der Waals surface area contributed by atoms with Gasteiger partial charge in [-0.2, -0.15) is 0 Å². The molecule has 0 bridgehead atoms. The molecule has 0 aliphatic carbocycles. The lowest BCUT2D eigenvalue weighted by atomic mass is 10.1. The molecule has 1 radical (unpaired) electrons. The number of hydrogen-bond acceptors (Lipinski definition) is 1. The molecule has 0 unspecified atom stereocenters. The van der Waals surface area contributed by atoms with Crippen LogP contribution in [-0.2, 0) is 9.84 Å². The number of unbranched alkanes of at least 4 members (excludes halogenated alkanes) is 1. The fraction of sp³-hybridized carbons (Fsp3) is 0.600. The van der Waals surface area contributed by atoms with E-state index in [9.17, 15) is 5.11 Å². The number of ether oxygens (including phenoxy) is 1. The summed E-state index contributed by atoms with van der Waals surface area (Å²) < 4.78 is 4.83. The molecule has 69 valence electrons. The van der Waals surface area contributed by atoms with Gasteiger partial charge in [0.05, 0.1) is 6.61 Å². The van der Waals surface area contributed by atoms with Crippen molar-refractivity contribution in [2.24, 2.45) is 0 Å². The molecular weight excluding hydrogens is 152 g/mol. The molecule has 2 nitrogen and oxygen atoms in total. The van der Waals surface area contributed by atoms with Crippen LogP contribution in [-0.4, -0.2) is 6.61 Å². The standard InChI is InChI=1S/C10H17O2/c1-4-6-7-8-9(3)10(11)12-5-2/h4H,1,5-8H2,2-3H3. The predicted molar refractivity (Wildman–Crippen MR) is 49.1 cm³/mol. The molecule has 0 aromatic heterocycles. The smallest absolute Gasteiger partial charge is 0.329 e. The molecule has 0 amide bonds. The van der Waals surface area contributed by atoms with Crippen molar-refractivity contribution in [3.63, 3.8) is 0 Å². The Morgan fingerprint density at radius 3 is 2.75 bits per heavy atom. The Hall–Kier alpha value is -0.920. The van der Waals surface area contributed by atoms with Crippen molar-refractivity contribution in [1.82, 2.24) is 0 Å². The predicted octanol–water partition coefficient (Wildman–Crippen LogP) is 3.04. The molecule has 0 aliphatic heterocycles. The van der Waals surface area contributed by atoms with Crippen molar-refractivity contribution in [2.45, 2.75) is 33.1 Å². The van der Waals surface area contributed by atoms with E-state index in [4.69, 9.17) is 4.74 Å². The summed E-state index contributed by atoms with van der Waals surface area (Å²) >= 11 is 0. The van der Waals surface area contributed by atoms with Crippen molar-refractivity contribution in [3.05, 3.63) is 24.2 Å². The lowest BCUT2D eigenvalue weighted by Crippen LogP contribution is -1.93. The minimum Gasteiger partial charge on any atom is -0.463 e. The van der Waals surface area contributed by atoms with E-state index in [2.05, 4.69) is 6.58 Å². The summed E-state index contributed by atoms with van der Waals surface area (Å²) in [6.45, 7) is 7.70. The molecule has 0 atom stereocenters. The van der Waals surface area contributed by atoms with E-state index in [0.717, 1.165) is 24.8 Å². The van der Waals surface area contributed by atoms with Crippen molar-refractivity contribution < 1.29 is 9.84 Å². The van der Waals surface area contributed by atoms with Gasteiger partial charge >= 0.3 is 5.95 Å². The van der Waals surface area contributed by atoms with Gasteiger partial charge < -0.3 is 4.74 Å². The second kappa shape index (κ2) is 6.77. The molecule has 0 heterocycles. The van der Waals surface area contributed by atoms with Gasteiger partial charge in [-0.1, -0.05) is 6.08 Å². The van der Waals surface area contributed by atoms with E-state index in [-0.39, 0.29) is 5.95 Å². The highest BCUT2D eigenvalue weighted by atomic mass is 16.6. The normalized spacial score (nSPS) is 12.2. The van der Waals surface area contributed by atoms with E-state index in [1.54, 1.807) is 0 Å². The number of allylic oxidation sites excluding steroid dienone is 2. The second-order valence-electron chi connectivity index (χ2n) is 2.68. The van der Waals surface area contributed by atoms with Gasteiger partial charge in [0.15, 0.2) is 0 Å². The summed E-state index contributed by atoms with van der Waals surface area (Å²) in [7, 11) is 0. The lowest BCUT2D eigenvalue weighted by Gasteiger charge is -2.02. The Morgan fingerprint density at radius 2 is 2.25 bits per heavy atom. The Morgan fingerprint density at radius 1 is 1.58 bits per heavy atom. The Balaban J connectivity index is 3.73. The topological polar surface area (TPSA) is 29.1 Å². The van der Waals surface area contributed by atoms with Crippen molar-refractivity contribution in [3.8, 4) is 0 Å². The third kappa shape index (κ3) is 4.83. The van der Waals surface area contributed by atoms with E-state index in [0.29, 0.717) is 6.61 Å². The third-order valence-corrected chi connectivity index (χ3v) is 1.58. The third-order valence-electron chi connectivity index (χ3n) is 1.58. The summed E-state index contributed by atoms with van der Waals surface area (Å²) in [4.78, 5) is 0. The minimum atomic E-state index is -0.165. The summed E-state index contributed by atoms with van der Waals surface area (Å²) in [6, 6.07) is 0. The average molecular weight is 169 g/mol. The van der Waals surface area contributed by atoms with Gasteiger partial charge in [-0.25, -0.2) is 5.11 Å². The fourth-order valence-corrected chi connectivity index (χ4v) is 0.868. The molecule has 0 fully saturated rings. The summed E-state index contributed by atoms with van der Waals surface area (Å²) in [5.41, 5.74) is 0.804. The van der Waals surface area contributed by atoms with E-state index in [1.165, 1.54) is 0 Å². The first-order valence-corrected chi connectivity index (χ1v) is 4.32. The minimum absolute atomic E-state index is 0.165.